The molecule has 33 heavy (non-hydrogen) atoms. The number of hydrogen-bond acceptors (Lipinski definition) is 5. The lowest BCUT2D eigenvalue weighted by atomic mass is 9.93. The molecule has 2 aromatic carbocycles. The summed E-state index contributed by atoms with van der Waals surface area (Å²) >= 11 is 0. The predicted octanol–water partition coefficient (Wildman–Crippen LogP) is 3.18. The molecule has 4 amide bonds. The van der Waals surface area contributed by atoms with Crippen LogP contribution >= 0.6 is 0 Å². The average Bonchev–Trinajstić information content (AvgIpc) is 3.42. The van der Waals surface area contributed by atoms with Gasteiger partial charge < -0.3 is 20.3 Å². The van der Waals surface area contributed by atoms with Gasteiger partial charge in [0.1, 0.15) is 17.8 Å². The number of nitrogens with one attached hydrogen (secondary N) is 2. The largest absolute Gasteiger partial charge is 0.497 e. The maximum atomic E-state index is 13.0. The number of imide groups is 1. The highest BCUT2D eigenvalue weighted by Crippen LogP contribution is 2.25. The summed E-state index contributed by atoms with van der Waals surface area (Å²) in [6.45, 7) is 3.48. The van der Waals surface area contributed by atoms with E-state index in [1.165, 1.54) is 12.8 Å². The van der Waals surface area contributed by atoms with Crippen molar-refractivity contribution in [1.29, 1.82) is 0 Å². The lowest BCUT2D eigenvalue weighted by Crippen LogP contribution is -2.45. The molecule has 2 saturated heterocycles. The SMILES string of the molecule is COc1ccc(CCC2(C)NC(=O)N(CC(=O)Nc3ccc(N4CCCC4)cc3)C2=O)cc1. The smallest absolute Gasteiger partial charge is 0.325 e. The predicted molar refractivity (Wildman–Crippen MR) is 126 cm³/mol. The third-order valence-corrected chi connectivity index (χ3v) is 6.34. The Morgan fingerprint density at radius 2 is 1.73 bits per heavy atom. The van der Waals surface area contributed by atoms with Gasteiger partial charge in [-0.1, -0.05) is 12.1 Å². The molecule has 0 radical (unpaired) electrons. The van der Waals surface area contributed by atoms with Crippen molar-refractivity contribution in [2.45, 2.75) is 38.1 Å². The first-order chi connectivity index (χ1) is 15.9. The van der Waals surface area contributed by atoms with Crippen molar-refractivity contribution < 1.29 is 19.1 Å². The Hall–Kier alpha value is -3.55. The summed E-state index contributed by atoms with van der Waals surface area (Å²) in [6, 6.07) is 14.7. The highest BCUT2D eigenvalue weighted by atomic mass is 16.5. The monoisotopic (exact) mass is 450 g/mol. The minimum Gasteiger partial charge on any atom is -0.497 e. The van der Waals surface area contributed by atoms with Crippen LogP contribution in [0.1, 0.15) is 31.7 Å². The van der Waals surface area contributed by atoms with Crippen LogP contribution in [0.4, 0.5) is 16.2 Å². The second-order valence-corrected chi connectivity index (χ2v) is 8.79. The van der Waals surface area contributed by atoms with E-state index in [-0.39, 0.29) is 12.5 Å². The van der Waals surface area contributed by atoms with Gasteiger partial charge in [0.2, 0.25) is 5.91 Å². The number of aryl methyl sites for hydroxylation is 1. The van der Waals surface area contributed by atoms with Crippen LogP contribution in [0.2, 0.25) is 0 Å². The first-order valence-electron chi connectivity index (χ1n) is 11.3. The zero-order chi connectivity index (χ0) is 23.4. The maximum absolute atomic E-state index is 13.0. The van der Waals surface area contributed by atoms with E-state index >= 15 is 0 Å². The van der Waals surface area contributed by atoms with Crippen LogP contribution in [0, 0.1) is 0 Å². The summed E-state index contributed by atoms with van der Waals surface area (Å²) in [5.74, 6) is -0.0366. The molecule has 0 aromatic heterocycles. The third kappa shape index (κ3) is 5.10. The van der Waals surface area contributed by atoms with E-state index in [9.17, 15) is 14.4 Å². The first-order valence-corrected chi connectivity index (χ1v) is 11.3. The molecule has 1 unspecified atom stereocenters. The number of anilines is 2. The summed E-state index contributed by atoms with van der Waals surface area (Å²) in [7, 11) is 1.61. The molecule has 2 heterocycles. The van der Waals surface area contributed by atoms with E-state index in [0.717, 1.165) is 35.0 Å². The number of ether oxygens (including phenoxy) is 1. The molecule has 8 nitrogen and oxygen atoms in total. The molecule has 2 aliphatic rings. The Morgan fingerprint density at radius 1 is 1.06 bits per heavy atom. The molecule has 0 bridgehead atoms. The maximum Gasteiger partial charge on any atom is 0.325 e. The molecule has 1 atom stereocenters. The third-order valence-electron chi connectivity index (χ3n) is 6.34. The molecule has 174 valence electrons. The Labute approximate surface area is 193 Å². The van der Waals surface area contributed by atoms with Crippen LogP contribution in [0.5, 0.6) is 5.75 Å². The lowest BCUT2D eigenvalue weighted by Gasteiger charge is -2.21. The van der Waals surface area contributed by atoms with Gasteiger partial charge in [0.25, 0.3) is 5.91 Å². The molecule has 2 aromatic rings. The zero-order valence-electron chi connectivity index (χ0n) is 19.1. The van der Waals surface area contributed by atoms with Crippen molar-refractivity contribution in [1.82, 2.24) is 10.2 Å². The minimum atomic E-state index is -1.05. The second kappa shape index (κ2) is 9.52. The standard InChI is InChI=1S/C25H30N4O4/c1-25(14-13-18-5-11-21(33-2)12-6-18)23(31)29(24(32)27-25)17-22(30)26-19-7-9-20(10-8-19)28-15-3-4-16-28/h5-12H,3-4,13-17H2,1-2H3,(H,26,30)(H,27,32). The molecular weight excluding hydrogens is 420 g/mol. The lowest BCUT2D eigenvalue weighted by molar-refractivity contribution is -0.133. The number of methoxy groups -OCH3 is 1. The summed E-state index contributed by atoms with van der Waals surface area (Å²) < 4.78 is 5.16. The van der Waals surface area contributed by atoms with Gasteiger partial charge in [-0.2, -0.15) is 0 Å². The number of rotatable bonds is 8. The van der Waals surface area contributed by atoms with Gasteiger partial charge in [-0.3, -0.25) is 14.5 Å². The van der Waals surface area contributed by atoms with Crippen LogP contribution in [0.3, 0.4) is 0 Å². The molecular formula is C25H30N4O4. The van der Waals surface area contributed by atoms with E-state index in [1.54, 1.807) is 14.0 Å². The Bertz CT molecular complexity index is 1020. The van der Waals surface area contributed by atoms with Crippen LogP contribution in [-0.4, -0.2) is 55.0 Å². The highest BCUT2D eigenvalue weighted by molar-refractivity contribution is 6.09. The summed E-state index contributed by atoms with van der Waals surface area (Å²) in [4.78, 5) is 41.3. The van der Waals surface area contributed by atoms with Gasteiger partial charge in [0.15, 0.2) is 0 Å². The molecule has 4 rings (SSSR count). The van der Waals surface area contributed by atoms with Crippen molar-refractivity contribution in [2.24, 2.45) is 0 Å². The number of carbonyl (C=O) groups excluding carboxylic acids is 3. The minimum absolute atomic E-state index is 0.323. The Kier molecular flexibility index (Phi) is 6.53. The van der Waals surface area contributed by atoms with Crippen molar-refractivity contribution in [3.8, 4) is 5.75 Å². The van der Waals surface area contributed by atoms with Crippen molar-refractivity contribution in [3.63, 3.8) is 0 Å². The van der Waals surface area contributed by atoms with Gasteiger partial charge in [0, 0.05) is 24.5 Å². The number of hydrogen-bond donors (Lipinski definition) is 2. The van der Waals surface area contributed by atoms with Gasteiger partial charge in [-0.15, -0.1) is 0 Å². The number of urea groups is 1. The van der Waals surface area contributed by atoms with Crippen molar-refractivity contribution in [3.05, 3.63) is 54.1 Å². The van der Waals surface area contributed by atoms with E-state index in [0.29, 0.717) is 18.5 Å². The fourth-order valence-electron chi connectivity index (χ4n) is 4.32. The van der Waals surface area contributed by atoms with E-state index in [4.69, 9.17) is 4.74 Å². The fraction of sp³-hybridized carbons (Fsp3) is 0.400. The van der Waals surface area contributed by atoms with Crippen LogP contribution in [0.25, 0.3) is 0 Å². The molecule has 2 N–H and O–H groups in total. The topological polar surface area (TPSA) is 91.0 Å². The molecule has 8 heteroatoms. The van der Waals surface area contributed by atoms with E-state index in [1.807, 2.05) is 48.5 Å². The number of amides is 4. The zero-order valence-corrected chi connectivity index (χ0v) is 19.1. The fourth-order valence-corrected chi connectivity index (χ4v) is 4.32. The summed E-state index contributed by atoms with van der Waals surface area (Å²) in [6.07, 6.45) is 3.43. The van der Waals surface area contributed by atoms with Crippen molar-refractivity contribution in [2.75, 3.05) is 37.0 Å². The van der Waals surface area contributed by atoms with E-state index < -0.39 is 17.5 Å². The van der Waals surface area contributed by atoms with E-state index in [2.05, 4.69) is 15.5 Å². The molecule has 0 aliphatic carbocycles. The van der Waals surface area contributed by atoms with Gasteiger partial charge in [-0.05, 0) is 74.6 Å². The average molecular weight is 451 g/mol. The number of benzene rings is 2. The summed E-state index contributed by atoms with van der Waals surface area (Å²) in [5.41, 5.74) is 1.76. The van der Waals surface area contributed by atoms with Crippen LogP contribution in [0.15, 0.2) is 48.5 Å². The second-order valence-electron chi connectivity index (χ2n) is 8.79. The number of carbonyl (C=O) groups is 3. The van der Waals surface area contributed by atoms with Crippen molar-refractivity contribution >= 4 is 29.2 Å². The van der Waals surface area contributed by atoms with Crippen LogP contribution in [-0.2, 0) is 16.0 Å². The Morgan fingerprint density at radius 3 is 2.36 bits per heavy atom. The normalized spacial score (nSPS) is 20.2. The molecule has 0 spiro atoms. The Balaban J connectivity index is 1.32. The van der Waals surface area contributed by atoms with Gasteiger partial charge >= 0.3 is 6.03 Å². The van der Waals surface area contributed by atoms with Gasteiger partial charge in [0.05, 0.1) is 7.11 Å². The molecule has 2 aliphatic heterocycles. The first kappa shape index (κ1) is 22.6. The molecule has 0 saturated carbocycles. The number of nitrogens with zero attached hydrogens (tertiary/aromatic N) is 2. The summed E-state index contributed by atoms with van der Waals surface area (Å²) in [5, 5.41) is 5.54. The molecule has 2 fully saturated rings. The van der Waals surface area contributed by atoms with Crippen LogP contribution < -0.4 is 20.3 Å². The quantitative estimate of drug-likeness (QED) is 0.603. The van der Waals surface area contributed by atoms with Gasteiger partial charge in [-0.25, -0.2) is 4.79 Å². The highest BCUT2D eigenvalue weighted by Gasteiger charge is 2.47.